The molecule has 1 aromatic heterocycles. The molecule has 1 aliphatic carbocycles. The lowest BCUT2D eigenvalue weighted by atomic mass is 9.78. The molecule has 1 heterocycles. The van der Waals surface area contributed by atoms with Crippen molar-refractivity contribution in [1.82, 2.24) is 4.98 Å². The zero-order valence-electron chi connectivity index (χ0n) is 21.4. The van der Waals surface area contributed by atoms with Gasteiger partial charge in [-0.25, -0.2) is 0 Å². The third-order valence-corrected chi connectivity index (χ3v) is 7.47. The summed E-state index contributed by atoms with van der Waals surface area (Å²) in [5.74, 6) is 2.59. The molecule has 0 aliphatic heterocycles. The minimum Gasteiger partial charge on any atom is -0.494 e. The summed E-state index contributed by atoms with van der Waals surface area (Å²) in [5.41, 5.74) is 3.71. The molecule has 0 saturated heterocycles. The smallest absolute Gasteiger partial charge is 0.119 e. The molecule has 0 bridgehead atoms. The van der Waals surface area contributed by atoms with E-state index in [-0.39, 0.29) is 0 Å². The lowest BCUT2D eigenvalue weighted by Crippen LogP contribution is -2.14. The van der Waals surface area contributed by atoms with Crippen LogP contribution in [-0.4, -0.2) is 11.6 Å². The normalized spacial score (nSPS) is 18.4. The summed E-state index contributed by atoms with van der Waals surface area (Å²) in [6, 6.07) is 13.0. The van der Waals surface area contributed by atoms with Crippen molar-refractivity contribution < 1.29 is 4.74 Å². The number of unbranched alkanes of at least 4 members (excludes halogenated alkanes) is 8. The number of nitrogens with zero attached hydrogens (tertiary/aromatic N) is 1. The maximum atomic E-state index is 5.93. The molecule has 0 N–H and O–H groups in total. The van der Waals surface area contributed by atoms with E-state index in [0.717, 1.165) is 24.7 Å². The molecule has 3 rings (SSSR count). The van der Waals surface area contributed by atoms with E-state index in [4.69, 9.17) is 9.72 Å². The highest BCUT2D eigenvalue weighted by molar-refractivity contribution is 5.63. The second-order valence-corrected chi connectivity index (χ2v) is 10.2. The summed E-state index contributed by atoms with van der Waals surface area (Å²) in [5, 5.41) is 0. The van der Waals surface area contributed by atoms with Gasteiger partial charge < -0.3 is 4.74 Å². The molecule has 0 amide bonds. The number of benzene rings is 1. The maximum absolute atomic E-state index is 5.93. The predicted molar refractivity (Wildman–Crippen MR) is 142 cm³/mol. The Balaban J connectivity index is 1.39. The molecule has 33 heavy (non-hydrogen) atoms. The Morgan fingerprint density at radius 1 is 0.697 bits per heavy atom. The van der Waals surface area contributed by atoms with Gasteiger partial charge in [-0.2, -0.15) is 0 Å². The van der Waals surface area contributed by atoms with E-state index in [2.05, 4.69) is 56.4 Å². The summed E-state index contributed by atoms with van der Waals surface area (Å²) in [6.45, 7) is 5.38. The third-order valence-electron chi connectivity index (χ3n) is 7.47. The fourth-order valence-corrected chi connectivity index (χ4v) is 5.24. The quantitative estimate of drug-likeness (QED) is 0.252. The topological polar surface area (TPSA) is 22.1 Å². The zero-order chi connectivity index (χ0) is 23.1. The van der Waals surface area contributed by atoms with Gasteiger partial charge in [0.15, 0.2) is 0 Å². The molecule has 1 aliphatic rings. The molecular formula is C31H47NO. The van der Waals surface area contributed by atoms with Gasteiger partial charge in [-0.1, -0.05) is 96.3 Å². The Bertz CT molecular complexity index is 743. The van der Waals surface area contributed by atoms with Crippen LogP contribution in [0.1, 0.15) is 122 Å². The van der Waals surface area contributed by atoms with Crippen molar-refractivity contribution in [1.29, 1.82) is 0 Å². The average molecular weight is 450 g/mol. The zero-order valence-corrected chi connectivity index (χ0v) is 21.4. The van der Waals surface area contributed by atoms with Gasteiger partial charge in [0.1, 0.15) is 5.75 Å². The first-order chi connectivity index (χ1) is 16.3. The standard InChI is InChI=1S/C31H47NO/c1-3-5-7-9-10-12-24-33-30-21-18-27(19-22-30)29-20-23-31(32-25-29)28-16-14-26(15-17-28)13-11-8-6-4-2/h18-23,25-26,28H,3-17,24H2,1-2H3. The monoisotopic (exact) mass is 449 g/mol. The number of rotatable bonds is 15. The molecule has 1 saturated carbocycles. The summed E-state index contributed by atoms with van der Waals surface area (Å²) < 4.78 is 5.93. The van der Waals surface area contributed by atoms with E-state index in [1.54, 1.807) is 0 Å². The summed E-state index contributed by atoms with van der Waals surface area (Å²) in [4.78, 5) is 4.87. The minimum absolute atomic E-state index is 0.656. The second-order valence-electron chi connectivity index (χ2n) is 10.2. The van der Waals surface area contributed by atoms with Crippen molar-refractivity contribution in [3.8, 4) is 16.9 Å². The molecule has 2 nitrogen and oxygen atoms in total. The number of pyridine rings is 1. The Hall–Kier alpha value is -1.83. The van der Waals surface area contributed by atoms with Gasteiger partial charge in [0.05, 0.1) is 6.61 Å². The Labute approximate surface area is 203 Å². The largest absolute Gasteiger partial charge is 0.494 e. The van der Waals surface area contributed by atoms with Crippen molar-refractivity contribution in [3.63, 3.8) is 0 Å². The van der Waals surface area contributed by atoms with Crippen molar-refractivity contribution in [2.45, 2.75) is 116 Å². The van der Waals surface area contributed by atoms with E-state index in [9.17, 15) is 0 Å². The predicted octanol–water partition coefficient (Wildman–Crippen LogP) is 9.73. The molecule has 1 fully saturated rings. The van der Waals surface area contributed by atoms with Gasteiger partial charge in [0.2, 0.25) is 0 Å². The van der Waals surface area contributed by atoms with Gasteiger partial charge >= 0.3 is 0 Å². The van der Waals surface area contributed by atoms with Crippen molar-refractivity contribution >= 4 is 0 Å². The Kier molecular flexibility index (Phi) is 11.8. The number of ether oxygens (including phenoxy) is 1. The molecule has 0 radical (unpaired) electrons. The summed E-state index contributed by atoms with van der Waals surface area (Å²) >= 11 is 0. The molecule has 0 unspecified atom stereocenters. The van der Waals surface area contributed by atoms with Gasteiger partial charge in [0, 0.05) is 23.4 Å². The van der Waals surface area contributed by atoms with Crippen LogP contribution in [0, 0.1) is 5.92 Å². The van der Waals surface area contributed by atoms with Gasteiger partial charge in [0.25, 0.3) is 0 Å². The first-order valence-electron chi connectivity index (χ1n) is 14.0. The molecule has 0 atom stereocenters. The number of hydrogen-bond acceptors (Lipinski definition) is 2. The number of aromatic nitrogens is 1. The Morgan fingerprint density at radius 2 is 1.33 bits per heavy atom. The average Bonchev–Trinajstić information content (AvgIpc) is 2.87. The third kappa shape index (κ3) is 9.14. The van der Waals surface area contributed by atoms with E-state index in [0.29, 0.717) is 5.92 Å². The number of hydrogen-bond donors (Lipinski definition) is 0. The molecule has 2 heteroatoms. The fraction of sp³-hybridized carbons (Fsp3) is 0.645. The van der Waals surface area contributed by atoms with Gasteiger partial charge in [-0.05, 0) is 61.8 Å². The van der Waals surface area contributed by atoms with Gasteiger partial charge in [-0.3, -0.25) is 4.98 Å². The van der Waals surface area contributed by atoms with E-state index < -0.39 is 0 Å². The lowest BCUT2D eigenvalue weighted by Gasteiger charge is -2.28. The highest BCUT2D eigenvalue weighted by Gasteiger charge is 2.22. The summed E-state index contributed by atoms with van der Waals surface area (Å²) in [7, 11) is 0. The van der Waals surface area contributed by atoms with E-state index >= 15 is 0 Å². The maximum Gasteiger partial charge on any atom is 0.119 e. The van der Waals surface area contributed by atoms with Crippen LogP contribution in [0.4, 0.5) is 0 Å². The van der Waals surface area contributed by atoms with Crippen molar-refractivity contribution in [3.05, 3.63) is 48.3 Å². The molecule has 0 spiro atoms. The van der Waals surface area contributed by atoms with Crippen LogP contribution >= 0.6 is 0 Å². The van der Waals surface area contributed by atoms with Crippen molar-refractivity contribution in [2.24, 2.45) is 5.92 Å². The van der Waals surface area contributed by atoms with Crippen LogP contribution in [0.5, 0.6) is 5.75 Å². The van der Waals surface area contributed by atoms with E-state index in [1.165, 1.54) is 107 Å². The van der Waals surface area contributed by atoms with Crippen LogP contribution in [0.15, 0.2) is 42.6 Å². The highest BCUT2D eigenvalue weighted by atomic mass is 16.5. The van der Waals surface area contributed by atoms with Crippen LogP contribution in [0.25, 0.3) is 11.1 Å². The second kappa shape index (κ2) is 15.1. The SMILES string of the molecule is CCCCCCCCOc1ccc(-c2ccc(C3CCC(CCCCCC)CC3)nc2)cc1. The van der Waals surface area contributed by atoms with Crippen LogP contribution < -0.4 is 4.74 Å². The minimum atomic E-state index is 0.656. The molecule has 2 aromatic rings. The van der Waals surface area contributed by atoms with Crippen LogP contribution in [-0.2, 0) is 0 Å². The first kappa shape index (κ1) is 25.8. The fourth-order valence-electron chi connectivity index (χ4n) is 5.24. The molecular weight excluding hydrogens is 402 g/mol. The van der Waals surface area contributed by atoms with E-state index in [1.807, 2.05) is 0 Å². The summed E-state index contributed by atoms with van der Waals surface area (Å²) in [6.07, 6.45) is 22.3. The highest BCUT2D eigenvalue weighted by Crippen LogP contribution is 2.37. The van der Waals surface area contributed by atoms with Crippen LogP contribution in [0.2, 0.25) is 0 Å². The Morgan fingerprint density at radius 3 is 2.00 bits per heavy atom. The molecule has 1 aromatic carbocycles. The van der Waals surface area contributed by atoms with Crippen LogP contribution in [0.3, 0.4) is 0 Å². The first-order valence-corrected chi connectivity index (χ1v) is 14.0. The van der Waals surface area contributed by atoms with Crippen molar-refractivity contribution in [2.75, 3.05) is 6.61 Å². The molecule has 182 valence electrons. The van der Waals surface area contributed by atoms with Gasteiger partial charge in [-0.15, -0.1) is 0 Å². The lowest BCUT2D eigenvalue weighted by molar-refractivity contribution is 0.299.